The van der Waals surface area contributed by atoms with Crippen molar-refractivity contribution in [3.63, 3.8) is 0 Å². The van der Waals surface area contributed by atoms with Gasteiger partial charge in [0.25, 0.3) is 0 Å². The van der Waals surface area contributed by atoms with Crippen LogP contribution in [0, 0.1) is 11.8 Å². The molecule has 1 aliphatic heterocycles. The number of nitrogens with zero attached hydrogens (tertiary/aromatic N) is 1. The van der Waals surface area contributed by atoms with Crippen LogP contribution in [-0.4, -0.2) is 89.1 Å². The maximum Gasteiger partial charge on any atom is 0.508 e. The Labute approximate surface area is 368 Å². The van der Waals surface area contributed by atoms with Crippen molar-refractivity contribution < 1.29 is 42.8 Å². The van der Waals surface area contributed by atoms with Gasteiger partial charge >= 0.3 is 18.1 Å². The lowest BCUT2D eigenvalue weighted by Crippen LogP contribution is -2.32. The summed E-state index contributed by atoms with van der Waals surface area (Å²) in [6, 6.07) is 0. The molecule has 0 aromatic rings. The molecule has 0 bridgehead atoms. The predicted molar refractivity (Wildman–Crippen MR) is 244 cm³/mol. The third-order valence-electron chi connectivity index (χ3n) is 11.5. The highest BCUT2D eigenvalue weighted by molar-refractivity contribution is 5.69. The number of hydrogen-bond donors (Lipinski definition) is 0. The Morgan fingerprint density at radius 1 is 0.533 bits per heavy atom. The number of likely N-dealkylation sites (tertiary alicyclic amines) is 1. The maximum atomic E-state index is 13.0. The molecule has 1 aliphatic rings. The number of rotatable bonds is 42. The molecule has 0 saturated carbocycles. The van der Waals surface area contributed by atoms with Crippen LogP contribution in [0.3, 0.4) is 0 Å². The summed E-state index contributed by atoms with van der Waals surface area (Å²) in [4.78, 5) is 40.4. The lowest BCUT2D eigenvalue weighted by molar-refractivity contribution is -0.161. The van der Waals surface area contributed by atoms with Crippen LogP contribution in [0.15, 0.2) is 12.2 Å². The van der Waals surface area contributed by atoms with Gasteiger partial charge in [-0.05, 0) is 83.8 Å². The summed E-state index contributed by atoms with van der Waals surface area (Å²) in [5.41, 5.74) is 0. The molecule has 0 spiro atoms. The van der Waals surface area contributed by atoms with Gasteiger partial charge in [0.1, 0.15) is 19.8 Å². The number of carbonyl (C=O) groups excluding carboxylic acids is 3. The molecule has 0 aliphatic carbocycles. The summed E-state index contributed by atoms with van der Waals surface area (Å²) >= 11 is 0. The molecule has 0 radical (unpaired) electrons. The molecule has 0 aromatic carbocycles. The second kappa shape index (κ2) is 42.1. The van der Waals surface area contributed by atoms with E-state index < -0.39 is 18.4 Å². The topological polar surface area (TPSA) is 110 Å². The number of hydrogen-bond acceptors (Lipinski definition) is 10. The molecule has 0 aromatic heterocycles. The van der Waals surface area contributed by atoms with E-state index >= 15 is 0 Å². The van der Waals surface area contributed by atoms with Crippen molar-refractivity contribution in [3.05, 3.63) is 12.2 Å². The Kier molecular flexibility index (Phi) is 39.2. The van der Waals surface area contributed by atoms with Crippen molar-refractivity contribution in [2.45, 2.75) is 220 Å². The first kappa shape index (κ1) is 55.8. The van der Waals surface area contributed by atoms with Crippen molar-refractivity contribution in [1.29, 1.82) is 0 Å². The molecule has 1 atom stereocenters. The van der Waals surface area contributed by atoms with E-state index in [1.165, 1.54) is 103 Å². The number of carbonyl (C=O) groups is 3. The minimum Gasteiger partial charge on any atom is -0.465 e. The lowest BCUT2D eigenvalue weighted by Gasteiger charge is -2.28. The summed E-state index contributed by atoms with van der Waals surface area (Å²) in [5.74, 6) is -0.870. The minimum absolute atomic E-state index is 0.00914. The normalized spacial score (nSPS) is 14.2. The second-order valence-electron chi connectivity index (χ2n) is 17.4. The lowest BCUT2D eigenvalue weighted by atomic mass is 9.98. The maximum absolute atomic E-state index is 13.0. The van der Waals surface area contributed by atoms with Crippen molar-refractivity contribution in [1.82, 2.24) is 4.90 Å². The fourth-order valence-electron chi connectivity index (χ4n) is 7.34. The monoisotopic (exact) mass is 852 g/mol. The Balaban J connectivity index is 2.50. The van der Waals surface area contributed by atoms with Crippen molar-refractivity contribution in [2.75, 3.05) is 59.8 Å². The van der Waals surface area contributed by atoms with Gasteiger partial charge in [0.2, 0.25) is 0 Å². The van der Waals surface area contributed by atoms with E-state index in [0.29, 0.717) is 38.6 Å². The van der Waals surface area contributed by atoms with Crippen LogP contribution in [0.2, 0.25) is 0 Å². The van der Waals surface area contributed by atoms with Gasteiger partial charge in [-0.1, -0.05) is 148 Å². The zero-order valence-electron chi connectivity index (χ0n) is 39.4. The molecule has 0 amide bonds. The average Bonchev–Trinajstić information content (AvgIpc) is 3.25. The fraction of sp³-hybridized carbons (Fsp3) is 0.900. The molecular formula is C50H93NO9. The van der Waals surface area contributed by atoms with Crippen molar-refractivity contribution in [3.8, 4) is 0 Å². The van der Waals surface area contributed by atoms with E-state index in [9.17, 15) is 14.4 Å². The second-order valence-corrected chi connectivity index (χ2v) is 17.4. The third kappa shape index (κ3) is 36.5. The Morgan fingerprint density at radius 3 is 1.48 bits per heavy atom. The zero-order valence-corrected chi connectivity index (χ0v) is 39.4. The largest absolute Gasteiger partial charge is 0.508 e. The van der Waals surface area contributed by atoms with Crippen LogP contribution in [-0.2, 0) is 38.0 Å². The van der Waals surface area contributed by atoms with Crippen molar-refractivity contribution in [2.24, 2.45) is 11.8 Å². The molecule has 1 saturated heterocycles. The highest BCUT2D eigenvalue weighted by Crippen LogP contribution is 2.17. The predicted octanol–water partition coefficient (Wildman–Crippen LogP) is 13.1. The standard InChI is InChI=1S/C50H93NO9/c1-5-8-11-14-17-18-19-20-21-22-23-24-25-26-29-32-47(52)57-42-46(44-60-50(54)59-41-45-35-37-51(4)38-36-45)43-58-48(53)33-34-49(55-39-30-27-15-12-9-6-2)56-40-31-28-16-13-10-7-3/h20-21,45-46,49H,5-19,22-44H2,1-4H3/b21-20-. The Hall–Kier alpha value is -2.17. The Morgan fingerprint density at radius 2 is 0.967 bits per heavy atom. The molecule has 1 heterocycles. The fourth-order valence-corrected chi connectivity index (χ4v) is 7.34. The van der Waals surface area contributed by atoms with Crippen LogP contribution in [0.25, 0.3) is 0 Å². The molecule has 10 nitrogen and oxygen atoms in total. The molecule has 60 heavy (non-hydrogen) atoms. The molecule has 1 unspecified atom stereocenters. The summed E-state index contributed by atoms with van der Waals surface area (Å²) in [6.07, 6.45) is 35.9. The van der Waals surface area contributed by atoms with Gasteiger partial charge in [-0.25, -0.2) is 4.79 Å². The summed E-state index contributed by atoms with van der Waals surface area (Å²) in [5, 5.41) is 0. The number of allylic oxidation sites excluding steroid dienone is 2. The van der Waals surface area contributed by atoms with E-state index in [0.717, 1.165) is 83.7 Å². The SMILES string of the molecule is CCCCCCCC/C=C\CCCCCCCC(=O)OCC(COC(=O)CCC(OCCCCCCCC)OCCCCCCCC)COC(=O)OCC1CCN(C)CC1. The van der Waals surface area contributed by atoms with E-state index in [1.807, 2.05) is 0 Å². The summed E-state index contributed by atoms with van der Waals surface area (Å²) in [6.45, 7) is 10.1. The zero-order chi connectivity index (χ0) is 43.6. The van der Waals surface area contributed by atoms with E-state index in [1.54, 1.807) is 0 Å². The molecule has 10 heteroatoms. The van der Waals surface area contributed by atoms with Gasteiger partial charge in [-0.2, -0.15) is 0 Å². The Bertz CT molecular complexity index is 998. The van der Waals surface area contributed by atoms with Gasteiger partial charge in [-0.15, -0.1) is 0 Å². The van der Waals surface area contributed by atoms with Gasteiger partial charge in [0.05, 0.1) is 18.9 Å². The van der Waals surface area contributed by atoms with Crippen molar-refractivity contribution >= 4 is 18.1 Å². The first-order valence-electron chi connectivity index (χ1n) is 25.0. The van der Waals surface area contributed by atoms with Gasteiger partial charge < -0.3 is 33.3 Å². The van der Waals surface area contributed by atoms with Crippen LogP contribution in [0.5, 0.6) is 0 Å². The average molecular weight is 852 g/mol. The number of ether oxygens (including phenoxy) is 6. The van der Waals surface area contributed by atoms with Gasteiger partial charge in [0, 0.05) is 26.1 Å². The first-order chi connectivity index (χ1) is 29.4. The quantitative estimate of drug-likeness (QED) is 0.0193. The summed E-state index contributed by atoms with van der Waals surface area (Å²) < 4.78 is 34.3. The highest BCUT2D eigenvalue weighted by Gasteiger charge is 2.22. The van der Waals surface area contributed by atoms with E-state index in [-0.39, 0.29) is 38.2 Å². The number of unbranched alkanes of at least 4 members (excludes halogenated alkanes) is 21. The molecule has 1 fully saturated rings. The van der Waals surface area contributed by atoms with E-state index in [2.05, 4.69) is 44.9 Å². The molecule has 1 rings (SSSR count). The molecule has 352 valence electrons. The highest BCUT2D eigenvalue weighted by atomic mass is 16.7. The number of piperidine rings is 1. The molecular weight excluding hydrogens is 759 g/mol. The third-order valence-corrected chi connectivity index (χ3v) is 11.5. The van der Waals surface area contributed by atoms with Crippen LogP contribution in [0.1, 0.15) is 213 Å². The first-order valence-corrected chi connectivity index (χ1v) is 25.0. The van der Waals surface area contributed by atoms with E-state index in [4.69, 9.17) is 28.4 Å². The smallest absolute Gasteiger partial charge is 0.465 e. The summed E-state index contributed by atoms with van der Waals surface area (Å²) in [7, 11) is 2.10. The minimum atomic E-state index is -0.752. The van der Waals surface area contributed by atoms with Gasteiger partial charge in [0.15, 0.2) is 6.29 Å². The van der Waals surface area contributed by atoms with Gasteiger partial charge in [-0.3, -0.25) is 9.59 Å². The van der Waals surface area contributed by atoms with Crippen LogP contribution < -0.4 is 0 Å². The molecule has 0 N–H and O–H groups in total. The number of esters is 2. The van der Waals surface area contributed by atoms with Crippen LogP contribution >= 0.6 is 0 Å². The van der Waals surface area contributed by atoms with Crippen LogP contribution in [0.4, 0.5) is 4.79 Å².